The molecule has 1 aliphatic carbocycles. The Morgan fingerprint density at radius 2 is 1.38 bits per heavy atom. The number of ether oxygens (including phenoxy) is 2. The van der Waals surface area contributed by atoms with E-state index in [9.17, 15) is 23.2 Å². The van der Waals surface area contributed by atoms with Crippen molar-refractivity contribution in [1.82, 2.24) is 10.2 Å². The average molecular weight is 622 g/mol. The van der Waals surface area contributed by atoms with Crippen molar-refractivity contribution in [3.63, 3.8) is 0 Å². The lowest BCUT2D eigenvalue weighted by molar-refractivity contribution is 0.0745. The van der Waals surface area contributed by atoms with Gasteiger partial charge in [0.25, 0.3) is 17.7 Å². The fraction of sp³-hybridized carbons (Fsp3) is 0.364. The van der Waals surface area contributed by atoms with Crippen LogP contribution in [0, 0.1) is 11.6 Å². The van der Waals surface area contributed by atoms with E-state index in [-0.39, 0.29) is 36.6 Å². The fourth-order valence-corrected chi connectivity index (χ4v) is 5.77. The average Bonchev–Trinajstić information content (AvgIpc) is 3.04. The van der Waals surface area contributed by atoms with Gasteiger partial charge in [0.1, 0.15) is 11.6 Å². The van der Waals surface area contributed by atoms with Gasteiger partial charge >= 0.3 is 0 Å². The molecule has 0 aromatic heterocycles. The molecule has 2 fully saturated rings. The van der Waals surface area contributed by atoms with Gasteiger partial charge in [-0.2, -0.15) is 0 Å². The van der Waals surface area contributed by atoms with Crippen molar-refractivity contribution in [3.05, 3.63) is 82.9 Å². The van der Waals surface area contributed by atoms with Crippen LogP contribution in [0.15, 0.2) is 54.6 Å². The first-order valence-electron chi connectivity index (χ1n) is 14.9. The van der Waals surface area contributed by atoms with Gasteiger partial charge in [-0.3, -0.25) is 14.4 Å². The normalized spacial score (nSPS) is 18.2. The molecule has 0 unspecified atom stereocenters. The van der Waals surface area contributed by atoms with Gasteiger partial charge in [0.2, 0.25) is 0 Å². The van der Waals surface area contributed by atoms with Crippen LogP contribution in [0.1, 0.15) is 56.8 Å². The number of halogens is 2. The number of hydrogen-bond donors (Lipinski definition) is 3. The Morgan fingerprint density at radius 3 is 2.02 bits per heavy atom. The van der Waals surface area contributed by atoms with Gasteiger partial charge in [0, 0.05) is 61.0 Å². The molecule has 1 saturated heterocycles. The summed E-state index contributed by atoms with van der Waals surface area (Å²) in [6.45, 7) is 1.34. The van der Waals surface area contributed by atoms with Gasteiger partial charge in [-0.25, -0.2) is 8.78 Å². The maximum atomic E-state index is 13.7. The van der Waals surface area contributed by atoms with E-state index in [1.807, 2.05) is 4.90 Å². The molecule has 3 aromatic rings. The van der Waals surface area contributed by atoms with Crippen LogP contribution < -0.4 is 30.7 Å². The quantitative estimate of drug-likeness (QED) is 0.344. The maximum absolute atomic E-state index is 13.7. The molecule has 0 radical (unpaired) electrons. The summed E-state index contributed by atoms with van der Waals surface area (Å²) in [7, 11) is 2.99. The summed E-state index contributed by atoms with van der Waals surface area (Å²) < 4.78 is 38.1. The highest BCUT2D eigenvalue weighted by atomic mass is 19.1. The van der Waals surface area contributed by atoms with E-state index < -0.39 is 23.4 Å². The highest BCUT2D eigenvalue weighted by Gasteiger charge is 2.26. The number of anilines is 2. The van der Waals surface area contributed by atoms with Crippen molar-refractivity contribution in [2.75, 3.05) is 50.6 Å². The van der Waals surface area contributed by atoms with Crippen molar-refractivity contribution >= 4 is 29.1 Å². The zero-order valence-corrected chi connectivity index (χ0v) is 25.3. The zero-order valence-electron chi connectivity index (χ0n) is 25.3. The molecule has 0 spiro atoms. The highest BCUT2D eigenvalue weighted by Crippen LogP contribution is 2.32. The number of nitrogens with zero attached hydrogens (tertiary/aromatic N) is 2. The molecular formula is C33H37F2N5O5. The van der Waals surface area contributed by atoms with Gasteiger partial charge in [-0.15, -0.1) is 0 Å². The van der Waals surface area contributed by atoms with Gasteiger partial charge in [0.15, 0.2) is 11.5 Å². The summed E-state index contributed by atoms with van der Waals surface area (Å²) in [5.41, 5.74) is 7.75. The van der Waals surface area contributed by atoms with E-state index in [0.717, 1.165) is 43.9 Å². The number of carbonyl (C=O) groups is 3. The molecule has 4 N–H and O–H groups in total. The number of methoxy groups -OCH3 is 2. The lowest BCUT2D eigenvalue weighted by Crippen LogP contribution is -2.49. The number of rotatable bonds is 8. The van der Waals surface area contributed by atoms with Crippen LogP contribution in [0.4, 0.5) is 20.2 Å². The van der Waals surface area contributed by atoms with E-state index in [2.05, 4.69) is 10.6 Å². The molecule has 12 heteroatoms. The standard InChI is InChI=1S/C33H37F2N5O5/c1-44-29-10-4-21(18-30(29)45-2)32(42)38-27-17-20(31(41)37-26-7-5-25(36)6-8-26)3-9-28(27)39-11-13-40(14-12-39)33(43)22-15-23(34)19-24(35)16-22/h3-4,9-10,15-19,25-26H,5-8,11-14,36H2,1-2H3,(H,37,41)(H,38,42). The highest BCUT2D eigenvalue weighted by molar-refractivity contribution is 6.07. The van der Waals surface area contributed by atoms with Crippen LogP contribution in [0.25, 0.3) is 0 Å². The first kappa shape index (κ1) is 31.7. The first-order valence-corrected chi connectivity index (χ1v) is 14.9. The zero-order chi connectivity index (χ0) is 32.1. The van der Waals surface area contributed by atoms with Crippen LogP contribution in [0.5, 0.6) is 11.5 Å². The third kappa shape index (κ3) is 7.51. The third-order valence-electron chi connectivity index (χ3n) is 8.28. The minimum Gasteiger partial charge on any atom is -0.493 e. The van der Waals surface area contributed by atoms with Gasteiger partial charge < -0.3 is 35.6 Å². The lowest BCUT2D eigenvalue weighted by atomic mass is 9.91. The van der Waals surface area contributed by atoms with Crippen LogP contribution in [-0.4, -0.2) is 75.1 Å². The third-order valence-corrected chi connectivity index (χ3v) is 8.28. The Hall–Kier alpha value is -4.71. The summed E-state index contributed by atoms with van der Waals surface area (Å²) in [6.07, 6.45) is 3.30. The number of piperazine rings is 1. The Balaban J connectivity index is 1.36. The molecule has 238 valence electrons. The van der Waals surface area contributed by atoms with Crippen LogP contribution in [0.2, 0.25) is 0 Å². The van der Waals surface area contributed by atoms with E-state index in [0.29, 0.717) is 47.1 Å². The molecule has 3 aromatic carbocycles. The predicted molar refractivity (Wildman–Crippen MR) is 166 cm³/mol. The molecule has 3 amide bonds. The molecular weight excluding hydrogens is 584 g/mol. The summed E-state index contributed by atoms with van der Waals surface area (Å²) in [5, 5.41) is 6.04. The number of nitrogens with two attached hydrogens (primary N) is 1. The second-order valence-corrected chi connectivity index (χ2v) is 11.3. The molecule has 10 nitrogen and oxygen atoms in total. The van der Waals surface area contributed by atoms with E-state index in [1.54, 1.807) is 36.4 Å². The van der Waals surface area contributed by atoms with E-state index >= 15 is 0 Å². The van der Waals surface area contributed by atoms with Gasteiger partial charge in [-0.1, -0.05) is 0 Å². The summed E-state index contributed by atoms with van der Waals surface area (Å²) in [6, 6.07) is 12.9. The van der Waals surface area contributed by atoms with Crippen molar-refractivity contribution in [3.8, 4) is 11.5 Å². The largest absolute Gasteiger partial charge is 0.493 e. The van der Waals surface area contributed by atoms with E-state index in [4.69, 9.17) is 15.2 Å². The number of nitrogens with one attached hydrogen (secondary N) is 2. The Kier molecular flexibility index (Phi) is 9.82. The predicted octanol–water partition coefficient (Wildman–Crippen LogP) is 4.20. The Labute approximate surface area is 260 Å². The SMILES string of the molecule is COc1ccc(C(=O)Nc2cc(C(=O)NC3CCC(N)CC3)ccc2N2CCN(C(=O)c3cc(F)cc(F)c3)CC2)cc1OC. The number of amides is 3. The van der Waals surface area contributed by atoms with Crippen LogP contribution in [-0.2, 0) is 0 Å². The molecule has 5 rings (SSSR count). The maximum Gasteiger partial charge on any atom is 0.255 e. The second-order valence-electron chi connectivity index (χ2n) is 11.3. The van der Waals surface area contributed by atoms with Gasteiger partial charge in [0.05, 0.1) is 25.6 Å². The lowest BCUT2D eigenvalue weighted by Gasteiger charge is -2.37. The van der Waals surface area contributed by atoms with Crippen LogP contribution >= 0.6 is 0 Å². The van der Waals surface area contributed by atoms with Crippen molar-refractivity contribution in [1.29, 1.82) is 0 Å². The first-order chi connectivity index (χ1) is 21.6. The molecule has 2 aliphatic rings. The second kappa shape index (κ2) is 13.9. The van der Waals surface area contributed by atoms with Crippen molar-refractivity contribution in [2.24, 2.45) is 5.73 Å². The minimum absolute atomic E-state index is 0.0268. The van der Waals surface area contributed by atoms with Gasteiger partial charge in [-0.05, 0) is 74.2 Å². The Morgan fingerprint density at radius 1 is 0.756 bits per heavy atom. The monoisotopic (exact) mass is 621 g/mol. The number of carbonyl (C=O) groups excluding carboxylic acids is 3. The van der Waals surface area contributed by atoms with Crippen molar-refractivity contribution in [2.45, 2.75) is 37.8 Å². The molecule has 1 saturated carbocycles. The summed E-state index contributed by atoms with van der Waals surface area (Å²) in [5.74, 6) is -1.90. The summed E-state index contributed by atoms with van der Waals surface area (Å²) >= 11 is 0. The fourth-order valence-electron chi connectivity index (χ4n) is 5.77. The molecule has 0 bridgehead atoms. The molecule has 0 atom stereocenters. The topological polar surface area (TPSA) is 126 Å². The molecule has 45 heavy (non-hydrogen) atoms. The Bertz CT molecular complexity index is 1550. The van der Waals surface area contributed by atoms with E-state index in [1.165, 1.54) is 19.1 Å². The smallest absolute Gasteiger partial charge is 0.255 e. The minimum atomic E-state index is -0.817. The molecule has 1 aliphatic heterocycles. The van der Waals surface area contributed by atoms with Crippen molar-refractivity contribution < 1.29 is 32.6 Å². The molecule has 1 heterocycles. The number of benzene rings is 3. The van der Waals surface area contributed by atoms with Crippen LogP contribution in [0.3, 0.4) is 0 Å². The number of hydrogen-bond acceptors (Lipinski definition) is 7. The summed E-state index contributed by atoms with van der Waals surface area (Å²) in [4.78, 5) is 43.2.